The molecule has 0 aliphatic heterocycles. The van der Waals surface area contributed by atoms with E-state index in [0.717, 1.165) is 35.3 Å². The first-order valence-corrected chi connectivity index (χ1v) is 12.4. The van der Waals surface area contributed by atoms with E-state index in [1.807, 2.05) is 19.1 Å². The van der Waals surface area contributed by atoms with Gasteiger partial charge in [0.25, 0.3) is 0 Å². The second-order valence-corrected chi connectivity index (χ2v) is 9.86. The molecule has 5 heteroatoms. The van der Waals surface area contributed by atoms with Crippen molar-refractivity contribution in [2.24, 2.45) is 0 Å². The number of carbonyl (C=O) groups is 1. The number of aliphatic hydroxyl groups excluding tert-OH is 1. The van der Waals surface area contributed by atoms with Crippen LogP contribution in [-0.4, -0.2) is 39.6 Å². The summed E-state index contributed by atoms with van der Waals surface area (Å²) in [5, 5.41) is 28.8. The van der Waals surface area contributed by atoms with Crippen molar-refractivity contribution in [2.45, 2.75) is 90.8 Å². The molecule has 0 spiro atoms. The highest BCUT2D eigenvalue weighted by Gasteiger charge is 2.31. The number of rotatable bonds is 11. The first kappa shape index (κ1) is 28.4. The number of benzene rings is 2. The van der Waals surface area contributed by atoms with Gasteiger partial charge in [-0.1, -0.05) is 50.0 Å². The van der Waals surface area contributed by atoms with Gasteiger partial charge in [-0.25, -0.2) is 0 Å². The minimum Gasteiger partial charge on any atom is -0.491 e. The molecule has 0 saturated carbocycles. The van der Waals surface area contributed by atoms with Gasteiger partial charge in [0.1, 0.15) is 18.0 Å². The van der Waals surface area contributed by atoms with Gasteiger partial charge in [0.2, 0.25) is 0 Å². The predicted octanol–water partition coefficient (Wildman–Crippen LogP) is 5.53. The zero-order chi connectivity index (χ0) is 26.2. The minimum absolute atomic E-state index is 0.0490. The molecule has 1 atom stereocenters. The summed E-state index contributed by atoms with van der Waals surface area (Å²) < 4.78 is 5.85. The van der Waals surface area contributed by atoms with Gasteiger partial charge in [0, 0.05) is 17.4 Å². The molecule has 35 heavy (non-hydrogen) atoms. The molecule has 0 aliphatic carbocycles. The molecule has 190 valence electrons. The van der Waals surface area contributed by atoms with Crippen molar-refractivity contribution in [3.8, 4) is 17.6 Å². The highest BCUT2D eigenvalue weighted by molar-refractivity contribution is 5.66. The predicted molar refractivity (Wildman–Crippen MR) is 140 cm³/mol. The van der Waals surface area contributed by atoms with Crippen molar-refractivity contribution in [1.29, 1.82) is 0 Å². The maximum absolute atomic E-state index is 10.6. The van der Waals surface area contributed by atoms with Gasteiger partial charge in [-0.05, 0) is 87.8 Å². The van der Waals surface area contributed by atoms with E-state index in [-0.39, 0.29) is 18.4 Å². The van der Waals surface area contributed by atoms with E-state index in [1.54, 1.807) is 13.8 Å². The maximum atomic E-state index is 10.6. The van der Waals surface area contributed by atoms with E-state index >= 15 is 0 Å². The normalized spacial score (nSPS) is 12.6. The second-order valence-electron chi connectivity index (χ2n) is 9.86. The lowest BCUT2D eigenvalue weighted by molar-refractivity contribution is -0.137. The summed E-state index contributed by atoms with van der Waals surface area (Å²) in [6.45, 7) is 12.0. The van der Waals surface area contributed by atoms with Crippen molar-refractivity contribution in [2.75, 3.05) is 6.61 Å². The van der Waals surface area contributed by atoms with Crippen LogP contribution in [0.25, 0.3) is 0 Å². The lowest BCUT2D eigenvalue weighted by Crippen LogP contribution is -2.26. The van der Waals surface area contributed by atoms with Crippen molar-refractivity contribution in [3.05, 3.63) is 64.2 Å². The van der Waals surface area contributed by atoms with Crippen molar-refractivity contribution in [1.82, 2.24) is 0 Å². The van der Waals surface area contributed by atoms with Crippen LogP contribution in [0.2, 0.25) is 0 Å². The third kappa shape index (κ3) is 7.85. The molecule has 0 amide bonds. The summed E-state index contributed by atoms with van der Waals surface area (Å²) in [4.78, 5) is 10.6. The summed E-state index contributed by atoms with van der Waals surface area (Å²) in [6, 6.07) is 12.6. The lowest BCUT2D eigenvalue weighted by atomic mass is 9.70. The van der Waals surface area contributed by atoms with Gasteiger partial charge in [-0.2, -0.15) is 0 Å². The smallest absolute Gasteiger partial charge is 0.303 e. The Morgan fingerprint density at radius 1 is 1.03 bits per heavy atom. The Balaban J connectivity index is 2.26. The number of carboxylic acids is 1. The molecule has 0 saturated heterocycles. The molecular weight excluding hydrogens is 440 g/mol. The highest BCUT2D eigenvalue weighted by Crippen LogP contribution is 2.41. The number of aryl methyl sites for hydroxylation is 2. The van der Waals surface area contributed by atoms with Crippen LogP contribution in [-0.2, 0) is 10.2 Å². The molecule has 0 fully saturated rings. The zero-order valence-corrected chi connectivity index (χ0v) is 21.9. The molecule has 0 aromatic heterocycles. The molecule has 0 aliphatic rings. The Labute approximate surface area is 210 Å². The molecule has 2 rings (SSSR count). The van der Waals surface area contributed by atoms with Crippen LogP contribution in [0.4, 0.5) is 0 Å². The number of aliphatic hydroxyl groups is 2. The molecule has 0 heterocycles. The van der Waals surface area contributed by atoms with Crippen LogP contribution in [0.3, 0.4) is 0 Å². The molecule has 5 nitrogen and oxygen atoms in total. The average Bonchev–Trinajstić information content (AvgIpc) is 2.78. The number of hydrogen-bond acceptors (Lipinski definition) is 4. The first-order valence-electron chi connectivity index (χ1n) is 12.4. The molecule has 2 aromatic carbocycles. The third-order valence-electron chi connectivity index (χ3n) is 6.58. The Morgan fingerprint density at radius 3 is 2.14 bits per heavy atom. The maximum Gasteiger partial charge on any atom is 0.303 e. The quantitative estimate of drug-likeness (QED) is 0.368. The van der Waals surface area contributed by atoms with E-state index in [1.165, 1.54) is 11.1 Å². The highest BCUT2D eigenvalue weighted by atomic mass is 16.5. The summed E-state index contributed by atoms with van der Waals surface area (Å²) in [5.41, 5.74) is 4.25. The van der Waals surface area contributed by atoms with Crippen LogP contribution >= 0.6 is 0 Å². The standard InChI is InChI=1S/C30H40O5/c1-7-30(8-2,24-13-12-23(21(3)18-24)16-17-29(5,6)34)25-14-15-27(22(4)19-25)35-20-26(31)10-9-11-28(32)33/h12-15,18-19,26,31,34H,7-11,20H2,1-6H3,(H,32,33)/t26-/m0/s1. The van der Waals surface area contributed by atoms with Crippen molar-refractivity contribution < 1.29 is 24.9 Å². The molecule has 0 bridgehead atoms. The van der Waals surface area contributed by atoms with Gasteiger partial charge < -0.3 is 20.1 Å². The lowest BCUT2D eigenvalue weighted by Gasteiger charge is -2.34. The number of hydrogen-bond donors (Lipinski definition) is 3. The summed E-state index contributed by atoms with van der Waals surface area (Å²) in [7, 11) is 0. The van der Waals surface area contributed by atoms with Gasteiger partial charge in [0.05, 0.1) is 6.10 Å². The van der Waals surface area contributed by atoms with Crippen LogP contribution < -0.4 is 4.74 Å². The van der Waals surface area contributed by atoms with Crippen molar-refractivity contribution in [3.63, 3.8) is 0 Å². The molecule has 0 radical (unpaired) electrons. The Morgan fingerprint density at radius 2 is 1.63 bits per heavy atom. The van der Waals surface area contributed by atoms with Crippen LogP contribution in [0.1, 0.15) is 87.6 Å². The fourth-order valence-corrected chi connectivity index (χ4v) is 4.42. The molecule has 2 aromatic rings. The largest absolute Gasteiger partial charge is 0.491 e. The number of carboxylic acid groups (broad SMARTS) is 1. The fraction of sp³-hybridized carbons (Fsp3) is 0.500. The summed E-state index contributed by atoms with van der Waals surface area (Å²) in [5.74, 6) is 5.86. The molecular formula is C30H40O5. The summed E-state index contributed by atoms with van der Waals surface area (Å²) in [6.07, 6.45) is 2.04. The Hall–Kier alpha value is -2.81. The van der Waals surface area contributed by atoms with E-state index < -0.39 is 17.7 Å². The van der Waals surface area contributed by atoms with Gasteiger partial charge in [-0.3, -0.25) is 4.79 Å². The van der Waals surface area contributed by atoms with Crippen LogP contribution in [0.5, 0.6) is 5.75 Å². The minimum atomic E-state index is -1.03. The topological polar surface area (TPSA) is 87.0 Å². The SMILES string of the molecule is CCC(CC)(c1ccc(C#CC(C)(C)O)c(C)c1)c1ccc(OC[C@@H](O)CCCC(=O)O)c(C)c1. The van der Waals surface area contributed by atoms with Crippen molar-refractivity contribution >= 4 is 5.97 Å². The van der Waals surface area contributed by atoms with Gasteiger partial charge in [0.15, 0.2) is 0 Å². The van der Waals surface area contributed by atoms with E-state index in [9.17, 15) is 15.0 Å². The molecule has 3 N–H and O–H groups in total. The second kappa shape index (κ2) is 12.2. The van der Waals surface area contributed by atoms with Gasteiger partial charge in [-0.15, -0.1) is 0 Å². The number of ether oxygens (including phenoxy) is 1. The fourth-order valence-electron chi connectivity index (χ4n) is 4.42. The summed E-state index contributed by atoms with van der Waals surface area (Å²) >= 11 is 0. The third-order valence-corrected chi connectivity index (χ3v) is 6.58. The number of aliphatic carboxylic acids is 1. The van der Waals surface area contributed by atoms with E-state index in [0.29, 0.717) is 12.8 Å². The zero-order valence-electron chi connectivity index (χ0n) is 21.9. The monoisotopic (exact) mass is 480 g/mol. The van der Waals surface area contributed by atoms with Gasteiger partial charge >= 0.3 is 5.97 Å². The van der Waals surface area contributed by atoms with Crippen LogP contribution in [0, 0.1) is 25.7 Å². The molecule has 0 unspecified atom stereocenters. The first-order chi connectivity index (χ1) is 16.4. The Kier molecular flexibility index (Phi) is 9.94. The average molecular weight is 481 g/mol. The van der Waals surface area contributed by atoms with E-state index in [4.69, 9.17) is 9.84 Å². The Bertz CT molecular complexity index is 1060. The van der Waals surface area contributed by atoms with Crippen LogP contribution in [0.15, 0.2) is 36.4 Å². The van der Waals surface area contributed by atoms with E-state index in [2.05, 4.69) is 56.9 Å².